The number of nitriles is 1. The molecule has 3 aromatic carbocycles. The number of imidazole rings is 1. The van der Waals surface area contributed by atoms with Crippen molar-refractivity contribution in [1.29, 1.82) is 5.26 Å². The van der Waals surface area contributed by atoms with Gasteiger partial charge in [-0.1, -0.05) is 91.0 Å². The summed E-state index contributed by atoms with van der Waals surface area (Å²) < 4.78 is 1.64. The van der Waals surface area contributed by atoms with Crippen LogP contribution in [-0.4, -0.2) is 74.2 Å². The molecule has 3 heterocycles. The Morgan fingerprint density at radius 3 is 2.16 bits per heavy atom. The van der Waals surface area contributed by atoms with Crippen LogP contribution in [0.1, 0.15) is 59.8 Å². The predicted molar refractivity (Wildman–Crippen MR) is 189 cm³/mol. The topological polar surface area (TPSA) is 205 Å². The van der Waals surface area contributed by atoms with Gasteiger partial charge in [0.15, 0.2) is 29.3 Å². The van der Waals surface area contributed by atoms with Crippen molar-refractivity contribution in [2.75, 3.05) is 29.4 Å². The Bertz CT molecular complexity index is 1920. The number of rotatable bonds is 9. The van der Waals surface area contributed by atoms with E-state index in [1.165, 1.54) is 4.90 Å². The van der Waals surface area contributed by atoms with E-state index in [-0.39, 0.29) is 18.2 Å². The molecule has 0 spiro atoms. The number of urea groups is 1. The normalized spacial score (nSPS) is 25.0. The van der Waals surface area contributed by atoms with Gasteiger partial charge in [0.2, 0.25) is 5.95 Å². The van der Waals surface area contributed by atoms with Crippen molar-refractivity contribution >= 4 is 29.6 Å². The number of nitrogens with two attached hydrogens (primary N) is 1. The zero-order valence-electron chi connectivity index (χ0n) is 27.7. The minimum Gasteiger partial charge on any atom is -0.481 e. The Labute approximate surface area is 294 Å². The average Bonchev–Trinajstić information content (AvgIpc) is 3.87. The Morgan fingerprint density at radius 2 is 1.61 bits per heavy atom. The number of aliphatic carboxylic acids is 1. The molecule has 4 aromatic rings. The summed E-state index contributed by atoms with van der Waals surface area (Å²) in [6.45, 7) is 1.58. The summed E-state index contributed by atoms with van der Waals surface area (Å²) >= 11 is 0. The highest BCUT2D eigenvalue weighted by Crippen LogP contribution is 2.48. The summed E-state index contributed by atoms with van der Waals surface area (Å²) in [5.41, 5.74) is 5.98. The van der Waals surface area contributed by atoms with E-state index >= 15 is 0 Å². The Hall–Kier alpha value is -5.91. The molecule has 1 saturated carbocycles. The fraction of sp³-hybridized carbons (Fsp3) is 0.324. The zero-order valence-corrected chi connectivity index (χ0v) is 27.7. The molecule has 2 aliphatic heterocycles. The second-order valence-electron chi connectivity index (χ2n) is 13.1. The zero-order chi connectivity index (χ0) is 35.7. The second kappa shape index (κ2) is 13.8. The summed E-state index contributed by atoms with van der Waals surface area (Å²) in [7, 11) is 0. The lowest BCUT2D eigenvalue weighted by Crippen LogP contribution is -2.61. The maximum Gasteiger partial charge on any atom is 0.314 e. The number of carboxylic acids is 1. The van der Waals surface area contributed by atoms with Gasteiger partial charge in [-0.15, -0.1) is 0 Å². The maximum atomic E-state index is 12.5. The van der Waals surface area contributed by atoms with Crippen LogP contribution in [0, 0.1) is 17.4 Å². The van der Waals surface area contributed by atoms with Crippen LogP contribution in [0.2, 0.25) is 0 Å². The quantitative estimate of drug-likeness (QED) is 0.112. The number of nitrogens with one attached hydrogen (secondary N) is 2. The highest BCUT2D eigenvalue weighted by atomic mass is 16.4. The molecular formula is C37H39N9O5. The summed E-state index contributed by atoms with van der Waals surface area (Å²) in [5.74, 6) is -2.09. The molecule has 1 saturated heterocycles. The number of benzene rings is 3. The van der Waals surface area contributed by atoms with Crippen LogP contribution in [0.25, 0.3) is 0 Å². The standard InChI is InChI=1S/C37H39N9O5/c38-22-45-32(25-16-8-3-9-17-25)42-31(40-21-26(23-12-4-1-5-13-23)24-14-6-2-7-15-24)29-33(45)46(36(41-29)44-18-10-11-19-44)28-20-27(34(48)49)37(51,30(28)47)43-35(39)50/h1-9,12-17,26-28,30,32,47,51H,10-11,18-21H2,(H,40,42)(H,48,49)(H3,39,43,50)/t27-,28-,30+,32-,37-/m1/s1. The van der Waals surface area contributed by atoms with E-state index in [1.54, 1.807) is 4.57 Å². The maximum absolute atomic E-state index is 12.5. The van der Waals surface area contributed by atoms with E-state index in [4.69, 9.17) is 15.7 Å². The van der Waals surface area contributed by atoms with Crippen LogP contribution in [0.15, 0.2) is 96.0 Å². The molecule has 2 amide bonds. The number of amides is 2. The smallest absolute Gasteiger partial charge is 0.314 e. The average molecular weight is 690 g/mol. The SMILES string of the molecule is N#CN1c2c(nc(N3CCCC3)n2[C@@H]2C[C@H](C(=O)O)[C@](O)(NC(N)=O)[C@H]2O)C(=NCC(c2ccccc2)c2ccccc2)N[C@H]1c1ccccc1. The molecule has 262 valence electrons. The molecule has 2 fully saturated rings. The minimum absolute atomic E-state index is 0.114. The number of aliphatic hydroxyl groups excluding tert-OH is 1. The van der Waals surface area contributed by atoms with E-state index in [1.807, 2.05) is 71.6 Å². The number of hydrogen-bond acceptors (Lipinski definition) is 9. The van der Waals surface area contributed by atoms with Gasteiger partial charge in [0.25, 0.3) is 0 Å². The van der Waals surface area contributed by atoms with Crippen LogP contribution >= 0.6 is 0 Å². The molecule has 7 N–H and O–H groups in total. The summed E-state index contributed by atoms with van der Waals surface area (Å²) in [6.07, 6.45) is 1.16. The number of fused-ring (bicyclic) bond motifs is 1. The molecule has 7 rings (SSSR count). The van der Waals surface area contributed by atoms with E-state index in [9.17, 15) is 30.2 Å². The third-order valence-electron chi connectivity index (χ3n) is 10.1. The van der Waals surface area contributed by atoms with Gasteiger partial charge < -0.3 is 36.6 Å². The summed E-state index contributed by atoms with van der Waals surface area (Å²) in [5, 5.41) is 49.8. The van der Waals surface area contributed by atoms with Crippen LogP contribution < -0.4 is 26.2 Å². The van der Waals surface area contributed by atoms with E-state index in [0.717, 1.165) is 29.5 Å². The number of aliphatic imine (C=N–C) groups is 1. The summed E-state index contributed by atoms with van der Waals surface area (Å²) in [4.78, 5) is 38.2. The third kappa shape index (κ3) is 6.11. The van der Waals surface area contributed by atoms with Crippen molar-refractivity contribution in [2.24, 2.45) is 16.6 Å². The number of aromatic nitrogens is 2. The van der Waals surface area contributed by atoms with Crippen LogP contribution in [0.3, 0.4) is 0 Å². The molecule has 51 heavy (non-hydrogen) atoms. The van der Waals surface area contributed by atoms with Gasteiger partial charge in [0.05, 0.1) is 12.6 Å². The first-order valence-corrected chi connectivity index (χ1v) is 16.9. The van der Waals surface area contributed by atoms with Crippen molar-refractivity contribution in [3.63, 3.8) is 0 Å². The first kappa shape index (κ1) is 33.6. The molecule has 0 bridgehead atoms. The van der Waals surface area contributed by atoms with Crippen LogP contribution in [0.4, 0.5) is 16.6 Å². The lowest BCUT2D eigenvalue weighted by Gasteiger charge is -2.37. The number of anilines is 2. The number of carbonyl (C=O) groups is 2. The van der Waals surface area contributed by atoms with Crippen LogP contribution in [0.5, 0.6) is 0 Å². The summed E-state index contributed by atoms with van der Waals surface area (Å²) in [6, 6.07) is 27.1. The highest BCUT2D eigenvalue weighted by Gasteiger charge is 2.60. The van der Waals surface area contributed by atoms with Crippen molar-refractivity contribution < 1.29 is 24.9 Å². The number of carboxylic acid groups (broad SMARTS) is 1. The fourth-order valence-electron chi connectivity index (χ4n) is 7.63. The van der Waals surface area contributed by atoms with Gasteiger partial charge in [-0.25, -0.2) is 14.7 Å². The largest absolute Gasteiger partial charge is 0.481 e. The molecule has 14 nitrogen and oxygen atoms in total. The van der Waals surface area contributed by atoms with E-state index in [2.05, 4.69) is 41.1 Å². The number of nitrogens with zero attached hydrogens (tertiary/aromatic N) is 6. The lowest BCUT2D eigenvalue weighted by atomic mass is 9.91. The van der Waals surface area contributed by atoms with Gasteiger partial charge in [-0.2, -0.15) is 5.26 Å². The Morgan fingerprint density at radius 1 is 1.02 bits per heavy atom. The fourth-order valence-corrected chi connectivity index (χ4v) is 7.63. The van der Waals surface area contributed by atoms with Crippen molar-refractivity contribution in [1.82, 2.24) is 20.2 Å². The van der Waals surface area contributed by atoms with E-state index in [0.29, 0.717) is 37.1 Å². The number of amidine groups is 1. The van der Waals surface area contributed by atoms with Crippen molar-refractivity contribution in [3.05, 3.63) is 113 Å². The van der Waals surface area contributed by atoms with Gasteiger partial charge in [-0.05, 0) is 36.0 Å². The molecule has 0 unspecified atom stereocenters. The Balaban J connectivity index is 1.42. The van der Waals surface area contributed by atoms with Gasteiger partial charge in [0.1, 0.15) is 18.2 Å². The first-order valence-electron chi connectivity index (χ1n) is 16.9. The van der Waals surface area contributed by atoms with Crippen molar-refractivity contribution in [3.8, 4) is 6.19 Å². The first-order chi connectivity index (χ1) is 24.7. The minimum atomic E-state index is -2.60. The number of primary amides is 1. The van der Waals surface area contributed by atoms with Gasteiger partial charge in [0, 0.05) is 19.0 Å². The second-order valence-corrected chi connectivity index (χ2v) is 13.1. The van der Waals surface area contributed by atoms with E-state index < -0.39 is 42.0 Å². The number of aliphatic hydroxyl groups is 2. The lowest BCUT2D eigenvalue weighted by molar-refractivity contribution is -0.158. The molecule has 5 atom stereocenters. The van der Waals surface area contributed by atoms with Crippen molar-refractivity contribution in [2.45, 2.75) is 49.2 Å². The Kier molecular flexibility index (Phi) is 9.07. The molecule has 0 radical (unpaired) electrons. The number of carbonyl (C=O) groups excluding carboxylic acids is 1. The third-order valence-corrected chi connectivity index (χ3v) is 10.1. The highest BCUT2D eigenvalue weighted by molar-refractivity contribution is 6.04. The molecule has 3 aliphatic rings. The monoisotopic (exact) mass is 689 g/mol. The van der Waals surface area contributed by atoms with Crippen LogP contribution in [-0.2, 0) is 4.79 Å². The molecule has 14 heteroatoms. The number of hydrogen-bond donors (Lipinski definition) is 6. The molecule has 1 aliphatic carbocycles. The van der Waals surface area contributed by atoms with Gasteiger partial charge >= 0.3 is 12.0 Å². The predicted octanol–water partition coefficient (Wildman–Crippen LogP) is 3.01. The van der Waals surface area contributed by atoms with Gasteiger partial charge in [-0.3, -0.25) is 14.4 Å². The molecular weight excluding hydrogens is 650 g/mol. The molecule has 1 aromatic heterocycles.